The van der Waals surface area contributed by atoms with Gasteiger partial charge in [0.2, 0.25) is 0 Å². The number of hydrogen-bond acceptors (Lipinski definition) is 6. The Kier molecular flexibility index (Phi) is 6.89. The molecule has 0 unspecified atom stereocenters. The van der Waals surface area contributed by atoms with Crippen LogP contribution < -0.4 is 5.32 Å². The molecule has 1 rings (SSSR count). The number of aromatic carboxylic acids is 1. The van der Waals surface area contributed by atoms with Gasteiger partial charge in [-0.25, -0.2) is 9.18 Å². The summed E-state index contributed by atoms with van der Waals surface area (Å²) in [4.78, 5) is 20.9. The molecule has 0 heterocycles. The van der Waals surface area contributed by atoms with Gasteiger partial charge in [-0.15, -0.1) is 0 Å². The summed E-state index contributed by atoms with van der Waals surface area (Å²) in [5.74, 6) is -1.20. The van der Waals surface area contributed by atoms with Gasteiger partial charge in [-0.1, -0.05) is 0 Å². The number of thioether (sulfide) groups is 1. The van der Waals surface area contributed by atoms with Crippen molar-refractivity contribution in [2.75, 3.05) is 30.0 Å². The molecule has 116 valence electrons. The number of nitrogens with zero attached hydrogens (tertiary/aromatic N) is 1. The molecule has 0 amide bonds. The molecule has 3 N–H and O–H groups in total. The number of nitro groups is 1. The minimum atomic E-state index is -1.55. The van der Waals surface area contributed by atoms with Gasteiger partial charge in [-0.3, -0.25) is 10.1 Å². The van der Waals surface area contributed by atoms with Gasteiger partial charge in [0.25, 0.3) is 5.69 Å². The highest BCUT2D eigenvalue weighted by atomic mass is 32.2. The lowest BCUT2D eigenvalue weighted by molar-refractivity contribution is -0.384. The lowest BCUT2D eigenvalue weighted by atomic mass is 10.1. The summed E-state index contributed by atoms with van der Waals surface area (Å²) in [5, 5.41) is 31.0. The number of aliphatic hydroxyl groups is 1. The van der Waals surface area contributed by atoms with Gasteiger partial charge in [-0.2, -0.15) is 11.8 Å². The average molecular weight is 318 g/mol. The summed E-state index contributed by atoms with van der Waals surface area (Å²) in [6, 6.07) is 1.53. The van der Waals surface area contributed by atoms with Crippen molar-refractivity contribution in [1.29, 1.82) is 0 Å². The minimum Gasteiger partial charge on any atom is -0.478 e. The Balaban J connectivity index is 2.74. The number of hydrogen-bond donors (Lipinski definition) is 3. The van der Waals surface area contributed by atoms with Gasteiger partial charge in [0.05, 0.1) is 4.92 Å². The molecule has 0 saturated carbocycles. The van der Waals surface area contributed by atoms with Crippen molar-refractivity contribution in [2.45, 2.75) is 6.42 Å². The molecule has 7 nitrogen and oxygen atoms in total. The SMILES string of the molecule is O=C(O)c1cc([N+](=O)[O-])c(NCCSCCCO)cc1F. The standard InChI is InChI=1S/C12H15FN2O5S/c13-9-7-10(14-2-5-21-4-1-3-16)11(15(19)20)6-8(9)12(17)18/h6-7,14,16H,1-5H2,(H,17,18). The second-order valence-corrected chi connectivity index (χ2v) is 5.25. The van der Waals surface area contributed by atoms with E-state index in [-0.39, 0.29) is 12.3 Å². The Morgan fingerprint density at radius 3 is 2.71 bits per heavy atom. The molecule has 1 aromatic rings. The molecule has 0 fully saturated rings. The third kappa shape index (κ3) is 5.20. The van der Waals surface area contributed by atoms with Crippen molar-refractivity contribution in [2.24, 2.45) is 0 Å². The maximum absolute atomic E-state index is 13.5. The van der Waals surface area contributed by atoms with Crippen LogP contribution >= 0.6 is 11.8 Å². The number of benzene rings is 1. The molecular weight excluding hydrogens is 303 g/mol. The molecule has 0 aliphatic heterocycles. The number of carbonyl (C=O) groups is 1. The van der Waals surface area contributed by atoms with Crippen molar-refractivity contribution >= 4 is 29.1 Å². The molecule has 0 saturated heterocycles. The molecule has 1 aromatic carbocycles. The molecule has 0 radical (unpaired) electrons. The average Bonchev–Trinajstić information content (AvgIpc) is 2.42. The van der Waals surface area contributed by atoms with Gasteiger partial charge in [-0.05, 0) is 12.2 Å². The van der Waals surface area contributed by atoms with Crippen molar-refractivity contribution < 1.29 is 24.3 Å². The van der Waals surface area contributed by atoms with E-state index in [1.807, 2.05) is 0 Å². The van der Waals surface area contributed by atoms with E-state index in [2.05, 4.69) is 5.32 Å². The van der Waals surface area contributed by atoms with Gasteiger partial charge >= 0.3 is 5.97 Å². The fourth-order valence-corrected chi connectivity index (χ4v) is 2.33. The van der Waals surface area contributed by atoms with Crippen molar-refractivity contribution in [3.8, 4) is 0 Å². The van der Waals surface area contributed by atoms with Crippen LogP contribution in [0.4, 0.5) is 15.8 Å². The van der Waals surface area contributed by atoms with Gasteiger partial charge in [0, 0.05) is 31.0 Å². The predicted octanol–water partition coefficient (Wildman–Crippen LogP) is 1.96. The maximum atomic E-state index is 13.5. The van der Waals surface area contributed by atoms with E-state index < -0.39 is 28.0 Å². The predicted molar refractivity (Wildman–Crippen MR) is 77.5 cm³/mol. The number of rotatable bonds is 9. The fraction of sp³-hybridized carbons (Fsp3) is 0.417. The van der Waals surface area contributed by atoms with Crippen LogP contribution in [-0.2, 0) is 0 Å². The summed E-state index contributed by atoms with van der Waals surface area (Å²) in [6.45, 7) is 0.469. The van der Waals surface area contributed by atoms with E-state index in [0.29, 0.717) is 24.8 Å². The van der Waals surface area contributed by atoms with Crippen LogP contribution in [0.3, 0.4) is 0 Å². The monoisotopic (exact) mass is 318 g/mol. The number of halogens is 1. The van der Waals surface area contributed by atoms with Crippen LogP contribution in [0, 0.1) is 15.9 Å². The van der Waals surface area contributed by atoms with E-state index >= 15 is 0 Å². The Morgan fingerprint density at radius 1 is 1.43 bits per heavy atom. The second kappa shape index (κ2) is 8.42. The highest BCUT2D eigenvalue weighted by molar-refractivity contribution is 7.99. The zero-order chi connectivity index (χ0) is 15.8. The molecule has 0 aromatic heterocycles. The lowest BCUT2D eigenvalue weighted by Gasteiger charge is -2.08. The van der Waals surface area contributed by atoms with Gasteiger partial charge in [0.1, 0.15) is 17.1 Å². The smallest absolute Gasteiger partial charge is 0.338 e. The van der Waals surface area contributed by atoms with Crippen LogP contribution in [0.1, 0.15) is 16.8 Å². The summed E-state index contributed by atoms with van der Waals surface area (Å²) < 4.78 is 13.5. The number of carboxylic acid groups (broad SMARTS) is 1. The molecule has 0 aliphatic rings. The molecule has 0 atom stereocenters. The zero-order valence-corrected chi connectivity index (χ0v) is 11.9. The van der Waals surface area contributed by atoms with E-state index in [1.54, 1.807) is 11.8 Å². The number of aliphatic hydroxyl groups excluding tert-OH is 1. The quantitative estimate of drug-likeness (QED) is 0.362. The Hall–Kier alpha value is -1.87. The highest BCUT2D eigenvalue weighted by Gasteiger charge is 2.21. The van der Waals surface area contributed by atoms with Crippen molar-refractivity contribution in [3.63, 3.8) is 0 Å². The molecule has 0 spiro atoms. The summed E-state index contributed by atoms with van der Waals surface area (Å²) in [6.07, 6.45) is 0.659. The first-order valence-corrected chi connectivity index (χ1v) is 7.26. The summed E-state index contributed by atoms with van der Waals surface area (Å²) in [5.41, 5.74) is -1.26. The van der Waals surface area contributed by atoms with Gasteiger partial charge < -0.3 is 15.5 Å². The van der Waals surface area contributed by atoms with Crippen LogP contribution in [0.25, 0.3) is 0 Å². The van der Waals surface area contributed by atoms with Crippen molar-refractivity contribution in [3.05, 3.63) is 33.6 Å². The van der Waals surface area contributed by atoms with E-state index in [4.69, 9.17) is 10.2 Å². The third-order valence-corrected chi connectivity index (χ3v) is 3.59. The van der Waals surface area contributed by atoms with Crippen LogP contribution in [0.5, 0.6) is 0 Å². The molecular formula is C12H15FN2O5S. The first-order valence-electron chi connectivity index (χ1n) is 6.11. The Morgan fingerprint density at radius 2 is 2.14 bits per heavy atom. The topological polar surface area (TPSA) is 113 Å². The van der Waals surface area contributed by atoms with E-state index in [1.165, 1.54) is 0 Å². The first-order chi connectivity index (χ1) is 9.97. The van der Waals surface area contributed by atoms with Crippen LogP contribution in [0.15, 0.2) is 12.1 Å². The summed E-state index contributed by atoms with van der Waals surface area (Å²) in [7, 11) is 0. The highest BCUT2D eigenvalue weighted by Crippen LogP contribution is 2.28. The molecule has 0 bridgehead atoms. The number of nitrogens with one attached hydrogen (secondary N) is 1. The van der Waals surface area contributed by atoms with Gasteiger partial charge in [0.15, 0.2) is 0 Å². The molecule has 9 heteroatoms. The van der Waals surface area contributed by atoms with Crippen LogP contribution in [0.2, 0.25) is 0 Å². The van der Waals surface area contributed by atoms with Crippen LogP contribution in [-0.4, -0.2) is 45.8 Å². The minimum absolute atomic E-state index is 0.0507. The number of carboxylic acids is 1. The zero-order valence-electron chi connectivity index (χ0n) is 11.0. The summed E-state index contributed by atoms with van der Waals surface area (Å²) >= 11 is 1.54. The van der Waals surface area contributed by atoms with E-state index in [0.717, 1.165) is 11.8 Å². The maximum Gasteiger partial charge on any atom is 0.338 e. The Bertz CT molecular complexity index is 527. The molecule has 0 aliphatic carbocycles. The normalized spacial score (nSPS) is 10.4. The molecule has 21 heavy (non-hydrogen) atoms. The first kappa shape index (κ1) is 17.2. The Labute approximate surface area is 124 Å². The number of anilines is 1. The fourth-order valence-electron chi connectivity index (χ4n) is 1.54. The third-order valence-electron chi connectivity index (χ3n) is 2.52. The van der Waals surface area contributed by atoms with Crippen molar-refractivity contribution in [1.82, 2.24) is 0 Å². The lowest BCUT2D eigenvalue weighted by Crippen LogP contribution is -2.09. The largest absolute Gasteiger partial charge is 0.478 e. The number of nitro benzene ring substituents is 1. The second-order valence-electron chi connectivity index (χ2n) is 4.03. The van der Waals surface area contributed by atoms with E-state index in [9.17, 15) is 19.3 Å².